The molecule has 0 amide bonds. The minimum Gasteiger partial charge on any atom is -0.488 e. The average Bonchev–Trinajstić information content (AvgIpc) is 3.65. The molecule has 3 aromatic carbocycles. The lowest BCUT2D eigenvalue weighted by Crippen LogP contribution is -2.47. The molecule has 1 N–H and O–H groups in total. The molecule has 1 saturated heterocycles. The number of nitrogens with zero attached hydrogens (tertiary/aromatic N) is 3. The summed E-state index contributed by atoms with van der Waals surface area (Å²) in [5, 5.41) is 10.3. The van der Waals surface area contributed by atoms with Gasteiger partial charge in [0.25, 0.3) is 0 Å². The molecule has 0 unspecified atom stereocenters. The van der Waals surface area contributed by atoms with Gasteiger partial charge in [-0.2, -0.15) is 0 Å². The molecule has 228 valence electrons. The highest BCUT2D eigenvalue weighted by Crippen LogP contribution is 2.55. The van der Waals surface area contributed by atoms with Crippen molar-refractivity contribution < 1.29 is 19.4 Å². The highest BCUT2D eigenvalue weighted by molar-refractivity contribution is 5.83. The molecular weight excluding hydrogens is 562 g/mol. The van der Waals surface area contributed by atoms with Crippen molar-refractivity contribution in [3.8, 4) is 22.6 Å². The minimum absolute atomic E-state index is 0.223. The van der Waals surface area contributed by atoms with Gasteiger partial charge in [0.05, 0.1) is 6.57 Å². The Labute approximate surface area is 264 Å². The van der Waals surface area contributed by atoms with Crippen LogP contribution in [0.2, 0.25) is 0 Å². The van der Waals surface area contributed by atoms with E-state index in [1.54, 1.807) is 18.5 Å². The standard InChI is InChI=1S/C38H37N3O4/c1-25-28(11-6-13-31(25)27-9-4-3-5-10-27)24-45-35-18-36(44-23-26-17-30(39-2)21-40-20-26)34(32-14-7-15-33(32)35)22-41-16-8-12-29-19-38(29,41)37(42)43/h3-6,9-11,13,17-18,20-21,29H,7-8,12,14-16,19,22-24H2,1H3,(H,42,43)/t29-,38+/m1/s1. The minimum atomic E-state index is -0.759. The molecule has 7 nitrogen and oxygen atoms in total. The summed E-state index contributed by atoms with van der Waals surface area (Å²) in [6.07, 6.45) is 8.83. The SMILES string of the molecule is [C-]#[N+]c1cncc(COc2cc(OCc3cccc(-c4ccccc4)c3C)c3c(c2CN2CCC[C@@H]4C[C@@]42C(=O)O)CCC3)c1. The summed E-state index contributed by atoms with van der Waals surface area (Å²) < 4.78 is 13.2. The number of aromatic nitrogens is 1. The molecule has 0 bridgehead atoms. The monoisotopic (exact) mass is 599 g/mol. The molecule has 7 rings (SSSR count). The van der Waals surface area contributed by atoms with Crippen LogP contribution in [0.15, 0.2) is 73.1 Å². The second kappa shape index (κ2) is 12.0. The number of rotatable bonds is 10. The molecule has 2 atom stereocenters. The van der Waals surface area contributed by atoms with E-state index >= 15 is 0 Å². The van der Waals surface area contributed by atoms with Crippen molar-refractivity contribution in [2.24, 2.45) is 5.92 Å². The molecule has 0 radical (unpaired) electrons. The Balaban J connectivity index is 1.22. The number of hydrogen-bond donors (Lipinski definition) is 1. The first-order chi connectivity index (χ1) is 22.0. The van der Waals surface area contributed by atoms with Gasteiger partial charge >= 0.3 is 5.97 Å². The van der Waals surface area contributed by atoms with Gasteiger partial charge < -0.3 is 14.6 Å². The third-order valence-corrected chi connectivity index (χ3v) is 9.99. The van der Waals surface area contributed by atoms with Crippen LogP contribution in [0.1, 0.15) is 59.1 Å². The maximum Gasteiger partial charge on any atom is 0.324 e. The number of fused-ring (bicyclic) bond motifs is 2. The lowest BCUT2D eigenvalue weighted by Gasteiger charge is -2.34. The van der Waals surface area contributed by atoms with Gasteiger partial charge in [-0.1, -0.05) is 48.5 Å². The van der Waals surface area contributed by atoms with Crippen LogP contribution in [0.5, 0.6) is 11.5 Å². The van der Waals surface area contributed by atoms with Crippen LogP contribution < -0.4 is 9.47 Å². The molecule has 2 fully saturated rings. The summed E-state index contributed by atoms with van der Waals surface area (Å²) >= 11 is 0. The van der Waals surface area contributed by atoms with Gasteiger partial charge in [-0.05, 0) is 103 Å². The van der Waals surface area contributed by atoms with Gasteiger partial charge in [-0.15, -0.1) is 0 Å². The molecule has 45 heavy (non-hydrogen) atoms. The van der Waals surface area contributed by atoms with E-state index in [4.69, 9.17) is 16.0 Å². The van der Waals surface area contributed by atoms with E-state index in [1.807, 2.05) is 12.1 Å². The number of carboxylic acids is 1. The normalized spacial score (nSPS) is 20.1. The zero-order valence-electron chi connectivity index (χ0n) is 25.6. The Morgan fingerprint density at radius 3 is 2.67 bits per heavy atom. The molecule has 3 aliphatic rings. The third-order valence-electron chi connectivity index (χ3n) is 9.99. The van der Waals surface area contributed by atoms with Crippen LogP contribution in [-0.2, 0) is 37.4 Å². The van der Waals surface area contributed by atoms with Crippen molar-refractivity contribution in [2.45, 2.75) is 70.7 Å². The lowest BCUT2D eigenvalue weighted by molar-refractivity contribution is -0.147. The molecule has 7 heteroatoms. The van der Waals surface area contributed by atoms with Crippen LogP contribution in [-0.4, -0.2) is 33.0 Å². The number of aliphatic carboxylic acids is 1. The van der Waals surface area contributed by atoms with E-state index in [2.05, 4.69) is 64.1 Å². The number of carboxylic acid groups (broad SMARTS) is 1. The van der Waals surface area contributed by atoms with Crippen molar-refractivity contribution in [3.05, 3.63) is 118 Å². The first kappa shape index (κ1) is 29.1. The first-order valence-corrected chi connectivity index (χ1v) is 15.8. The molecule has 1 saturated carbocycles. The Morgan fingerprint density at radius 2 is 1.84 bits per heavy atom. The number of pyridine rings is 1. The smallest absolute Gasteiger partial charge is 0.324 e. The predicted octanol–water partition coefficient (Wildman–Crippen LogP) is 7.69. The van der Waals surface area contributed by atoms with Crippen LogP contribution in [0.25, 0.3) is 16.0 Å². The fourth-order valence-electron chi connectivity index (χ4n) is 7.50. The molecular formula is C38H37N3O4. The average molecular weight is 600 g/mol. The van der Waals surface area contributed by atoms with Crippen molar-refractivity contribution >= 4 is 11.7 Å². The number of piperidine rings is 1. The van der Waals surface area contributed by atoms with Crippen LogP contribution in [0.3, 0.4) is 0 Å². The summed E-state index contributed by atoms with van der Waals surface area (Å²) in [4.78, 5) is 22.4. The maximum absolute atomic E-state index is 12.5. The molecule has 4 aromatic rings. The summed E-state index contributed by atoms with van der Waals surface area (Å²) in [7, 11) is 0. The summed E-state index contributed by atoms with van der Waals surface area (Å²) in [6.45, 7) is 11.5. The Hall–Kier alpha value is -4.67. The summed E-state index contributed by atoms with van der Waals surface area (Å²) in [5.41, 5.74) is 8.75. The molecule has 0 spiro atoms. The number of hydrogen-bond acceptors (Lipinski definition) is 5. The van der Waals surface area contributed by atoms with E-state index in [9.17, 15) is 9.90 Å². The Bertz CT molecular complexity index is 1800. The van der Waals surface area contributed by atoms with Crippen LogP contribution >= 0.6 is 0 Å². The van der Waals surface area contributed by atoms with Gasteiger partial charge in [0.15, 0.2) is 0 Å². The van der Waals surface area contributed by atoms with Crippen molar-refractivity contribution in [3.63, 3.8) is 0 Å². The van der Waals surface area contributed by atoms with Gasteiger partial charge in [0.1, 0.15) is 30.3 Å². The van der Waals surface area contributed by atoms with Crippen molar-refractivity contribution in [1.29, 1.82) is 0 Å². The number of likely N-dealkylation sites (tertiary alicyclic amines) is 1. The number of benzene rings is 3. The summed E-state index contributed by atoms with van der Waals surface area (Å²) in [6, 6.07) is 20.6. The molecule has 1 aliphatic heterocycles. The lowest BCUT2D eigenvalue weighted by atomic mass is 9.96. The molecule has 1 aromatic heterocycles. The van der Waals surface area contributed by atoms with E-state index in [0.29, 0.717) is 18.8 Å². The predicted molar refractivity (Wildman–Crippen MR) is 172 cm³/mol. The van der Waals surface area contributed by atoms with Gasteiger partial charge in [-0.25, -0.2) is 4.85 Å². The number of carbonyl (C=O) groups is 1. The maximum atomic E-state index is 12.5. The Morgan fingerprint density at radius 1 is 1.02 bits per heavy atom. The second-order valence-electron chi connectivity index (χ2n) is 12.6. The fourth-order valence-corrected chi connectivity index (χ4v) is 7.50. The highest BCUT2D eigenvalue weighted by Gasteiger charge is 2.65. The second-order valence-corrected chi connectivity index (χ2v) is 12.6. The topological polar surface area (TPSA) is 76.2 Å². The zero-order chi connectivity index (χ0) is 31.0. The van der Waals surface area contributed by atoms with E-state index in [-0.39, 0.29) is 12.5 Å². The zero-order valence-corrected chi connectivity index (χ0v) is 25.6. The molecule has 2 aliphatic carbocycles. The third kappa shape index (κ3) is 5.44. The van der Waals surface area contributed by atoms with Crippen molar-refractivity contribution in [2.75, 3.05) is 6.54 Å². The van der Waals surface area contributed by atoms with E-state index in [1.165, 1.54) is 27.8 Å². The van der Waals surface area contributed by atoms with Gasteiger partial charge in [0.2, 0.25) is 5.69 Å². The quantitative estimate of drug-likeness (QED) is 0.188. The van der Waals surface area contributed by atoms with E-state index in [0.717, 1.165) is 73.3 Å². The van der Waals surface area contributed by atoms with Gasteiger partial charge in [0, 0.05) is 30.6 Å². The van der Waals surface area contributed by atoms with Crippen LogP contribution in [0.4, 0.5) is 5.69 Å². The number of ether oxygens (including phenoxy) is 2. The fraction of sp³-hybridized carbons (Fsp3) is 0.342. The largest absolute Gasteiger partial charge is 0.488 e. The van der Waals surface area contributed by atoms with Crippen LogP contribution in [0, 0.1) is 19.4 Å². The van der Waals surface area contributed by atoms with Gasteiger partial charge in [-0.3, -0.25) is 14.7 Å². The first-order valence-electron chi connectivity index (χ1n) is 15.8. The Kier molecular flexibility index (Phi) is 7.76. The van der Waals surface area contributed by atoms with E-state index < -0.39 is 11.5 Å². The molecule has 2 heterocycles. The summed E-state index contributed by atoms with van der Waals surface area (Å²) in [5.74, 6) is 1.06. The highest BCUT2D eigenvalue weighted by atomic mass is 16.5. The van der Waals surface area contributed by atoms with Crippen molar-refractivity contribution in [1.82, 2.24) is 9.88 Å².